The van der Waals surface area contributed by atoms with Gasteiger partial charge >= 0.3 is 5.97 Å². The van der Waals surface area contributed by atoms with Gasteiger partial charge in [0.2, 0.25) is 4.38 Å². The molecule has 0 amide bonds. The number of hydrogen-bond acceptors (Lipinski definition) is 5. The molecule has 212 valence electrons. The van der Waals surface area contributed by atoms with Crippen LogP contribution in [0.15, 0.2) is 0 Å². The van der Waals surface area contributed by atoms with Crippen molar-refractivity contribution in [1.82, 2.24) is 0 Å². The number of thioether (sulfide) groups is 1. The molecule has 3 nitrogen and oxygen atoms in total. The van der Waals surface area contributed by atoms with Gasteiger partial charge in [0.1, 0.15) is 6.10 Å². The Morgan fingerprint density at radius 1 is 0.973 bits per heavy atom. The van der Waals surface area contributed by atoms with Crippen LogP contribution in [0, 0.1) is 52.3 Å². The largest absolute Gasteiger partial charge is 0.475 e. The molecule has 4 fully saturated rings. The molecule has 4 saturated carbocycles. The molecule has 0 bridgehead atoms. The highest BCUT2D eigenvalue weighted by molar-refractivity contribution is 8.23. The summed E-state index contributed by atoms with van der Waals surface area (Å²) < 4.78 is 11.7. The fourth-order valence-corrected chi connectivity index (χ4v) is 10.7. The van der Waals surface area contributed by atoms with Gasteiger partial charge in [0.15, 0.2) is 0 Å². The molecule has 0 aromatic heterocycles. The number of rotatable bonds is 9. The Kier molecular flexibility index (Phi) is 10.0. The summed E-state index contributed by atoms with van der Waals surface area (Å²) in [6, 6.07) is 0. The number of fused-ring (bicyclic) bond motifs is 5. The van der Waals surface area contributed by atoms with E-state index in [1.807, 2.05) is 6.92 Å². The lowest BCUT2D eigenvalue weighted by Gasteiger charge is -2.61. The zero-order valence-corrected chi connectivity index (χ0v) is 26.2. The number of ether oxygens (including phenoxy) is 2. The molecular weight excluding hydrogens is 496 g/mol. The number of hydrogen-bond donors (Lipinski definition) is 0. The predicted octanol–water partition coefficient (Wildman–Crippen LogP) is 9.07. The molecule has 0 aliphatic heterocycles. The van der Waals surface area contributed by atoms with Crippen molar-refractivity contribution in [2.24, 2.45) is 52.3 Å². The van der Waals surface area contributed by atoms with Gasteiger partial charge in [-0.3, -0.25) is 4.79 Å². The highest BCUT2D eigenvalue weighted by Crippen LogP contribution is 2.68. The Morgan fingerprint density at radius 3 is 2.43 bits per heavy atom. The van der Waals surface area contributed by atoms with Gasteiger partial charge < -0.3 is 9.47 Å². The number of carbonyl (C=O) groups excluding carboxylic acids is 1. The van der Waals surface area contributed by atoms with Crippen LogP contribution in [0.2, 0.25) is 0 Å². The van der Waals surface area contributed by atoms with Crippen molar-refractivity contribution in [3.05, 3.63) is 0 Å². The topological polar surface area (TPSA) is 35.5 Å². The minimum Gasteiger partial charge on any atom is -0.475 e. The molecule has 0 unspecified atom stereocenters. The highest BCUT2D eigenvalue weighted by Gasteiger charge is 2.60. The van der Waals surface area contributed by atoms with Crippen LogP contribution in [0.25, 0.3) is 0 Å². The standard InChI is InChI=1S/C32H54O3S2/c1-7-34-29(33)20-37-30(36)35-24-15-17-31(5)23(19-24)11-12-25-27-14-13-26(22(4)10-8-9-21(2)3)32(27,6)18-16-28(25)31/h21-28H,7-20H2,1-6H3/t22-,23+,24+,25+,26-,27+,28+,31+,32-/m1/s1. The van der Waals surface area contributed by atoms with E-state index >= 15 is 0 Å². The summed E-state index contributed by atoms with van der Waals surface area (Å²) in [5.74, 6) is 6.23. The smallest absolute Gasteiger partial charge is 0.316 e. The van der Waals surface area contributed by atoms with Crippen molar-refractivity contribution in [3.63, 3.8) is 0 Å². The normalized spacial score (nSPS) is 39.9. The van der Waals surface area contributed by atoms with Crippen molar-refractivity contribution in [2.75, 3.05) is 12.4 Å². The van der Waals surface area contributed by atoms with Crippen molar-refractivity contribution in [3.8, 4) is 0 Å². The Bertz CT molecular complexity index is 799. The van der Waals surface area contributed by atoms with Gasteiger partial charge in [0.25, 0.3) is 0 Å². The molecule has 5 heteroatoms. The molecule has 4 rings (SSSR count). The molecule has 0 aromatic rings. The maximum absolute atomic E-state index is 11.7. The molecule has 4 aliphatic carbocycles. The zero-order chi connectivity index (χ0) is 26.8. The molecule has 4 aliphatic rings. The molecular formula is C32H54O3S2. The second kappa shape index (κ2) is 12.5. The Hall–Kier alpha value is -0.290. The fraction of sp³-hybridized carbons (Fsp3) is 0.938. The monoisotopic (exact) mass is 550 g/mol. The molecule has 0 N–H and O–H groups in total. The third-order valence-corrected chi connectivity index (χ3v) is 12.9. The summed E-state index contributed by atoms with van der Waals surface area (Å²) in [7, 11) is 0. The Morgan fingerprint density at radius 2 is 1.70 bits per heavy atom. The van der Waals surface area contributed by atoms with Crippen LogP contribution in [0.1, 0.15) is 119 Å². The van der Waals surface area contributed by atoms with Crippen LogP contribution in [0.3, 0.4) is 0 Å². The molecule has 0 spiro atoms. The van der Waals surface area contributed by atoms with Gasteiger partial charge in [0, 0.05) is 0 Å². The van der Waals surface area contributed by atoms with Gasteiger partial charge in [-0.15, -0.1) is 0 Å². The van der Waals surface area contributed by atoms with Crippen LogP contribution in [-0.4, -0.2) is 28.8 Å². The van der Waals surface area contributed by atoms with E-state index in [-0.39, 0.29) is 17.8 Å². The molecule has 9 atom stereocenters. The Balaban J connectivity index is 1.33. The van der Waals surface area contributed by atoms with Gasteiger partial charge in [0.05, 0.1) is 12.4 Å². The molecule has 0 heterocycles. The molecule has 0 saturated heterocycles. The number of carbonyl (C=O) groups is 1. The average Bonchev–Trinajstić information content (AvgIpc) is 3.20. The second-order valence-electron chi connectivity index (χ2n) is 14.0. The third kappa shape index (κ3) is 6.39. The lowest BCUT2D eigenvalue weighted by molar-refractivity contribution is -0.139. The SMILES string of the molecule is CCOC(=O)CSC(=S)O[C@H]1CC[C@@]2(C)[C@@H](CC[C@@H]3[C@@H]2CC[C@]2(C)[C@@H]([C@H](C)CCCC(C)C)CC[C@@H]32)C1. The third-order valence-electron chi connectivity index (χ3n) is 11.7. The van der Waals surface area contributed by atoms with Crippen molar-refractivity contribution in [2.45, 2.75) is 125 Å². The lowest BCUT2D eigenvalue weighted by atomic mass is 9.44. The predicted molar refractivity (Wildman–Crippen MR) is 160 cm³/mol. The fourth-order valence-electron chi connectivity index (χ4n) is 9.84. The van der Waals surface area contributed by atoms with Gasteiger partial charge in [-0.2, -0.15) is 0 Å². The van der Waals surface area contributed by atoms with Crippen molar-refractivity contribution >= 4 is 34.3 Å². The van der Waals surface area contributed by atoms with Crippen LogP contribution in [0.4, 0.5) is 0 Å². The summed E-state index contributed by atoms with van der Waals surface area (Å²) in [6.45, 7) is 14.9. The van der Waals surface area contributed by atoms with Crippen LogP contribution in [0.5, 0.6) is 0 Å². The lowest BCUT2D eigenvalue weighted by Crippen LogP contribution is -2.54. The molecule has 0 radical (unpaired) electrons. The second-order valence-corrected chi connectivity index (χ2v) is 15.6. The van der Waals surface area contributed by atoms with Crippen LogP contribution in [-0.2, 0) is 14.3 Å². The minimum atomic E-state index is -0.212. The number of esters is 1. The van der Waals surface area contributed by atoms with Crippen molar-refractivity contribution in [1.29, 1.82) is 0 Å². The van der Waals surface area contributed by atoms with Crippen LogP contribution >= 0.6 is 24.0 Å². The first-order chi connectivity index (χ1) is 17.6. The van der Waals surface area contributed by atoms with E-state index in [2.05, 4.69) is 34.6 Å². The molecule has 0 aromatic carbocycles. The summed E-state index contributed by atoms with van der Waals surface area (Å²) in [5.41, 5.74) is 1.04. The Labute approximate surface area is 237 Å². The van der Waals surface area contributed by atoms with E-state index in [4.69, 9.17) is 21.7 Å². The summed E-state index contributed by atoms with van der Waals surface area (Å²) in [6.07, 6.45) is 16.6. The van der Waals surface area contributed by atoms with Gasteiger partial charge in [-0.1, -0.05) is 65.6 Å². The van der Waals surface area contributed by atoms with E-state index in [9.17, 15) is 4.79 Å². The zero-order valence-electron chi connectivity index (χ0n) is 24.6. The maximum atomic E-state index is 11.7. The van der Waals surface area contributed by atoms with Gasteiger partial charge in [-0.05, 0) is 129 Å². The van der Waals surface area contributed by atoms with Crippen LogP contribution < -0.4 is 0 Å². The van der Waals surface area contributed by atoms with E-state index in [0.29, 0.717) is 21.8 Å². The first-order valence-electron chi connectivity index (χ1n) is 15.6. The number of thiocarbonyl (C=S) groups is 1. The van der Waals surface area contributed by atoms with Crippen molar-refractivity contribution < 1.29 is 14.3 Å². The van der Waals surface area contributed by atoms with E-state index < -0.39 is 0 Å². The highest BCUT2D eigenvalue weighted by atomic mass is 32.2. The first-order valence-corrected chi connectivity index (χ1v) is 17.0. The summed E-state index contributed by atoms with van der Waals surface area (Å²) in [5, 5.41) is 0. The first kappa shape index (κ1) is 29.7. The molecule has 37 heavy (non-hydrogen) atoms. The average molecular weight is 551 g/mol. The summed E-state index contributed by atoms with van der Waals surface area (Å²) in [4.78, 5) is 11.7. The van der Waals surface area contributed by atoms with E-state index in [0.717, 1.165) is 54.3 Å². The minimum absolute atomic E-state index is 0.212. The van der Waals surface area contributed by atoms with E-state index in [1.54, 1.807) is 0 Å². The van der Waals surface area contributed by atoms with E-state index in [1.165, 1.54) is 76.0 Å². The quantitative estimate of drug-likeness (QED) is 0.211. The van der Waals surface area contributed by atoms with Gasteiger partial charge in [-0.25, -0.2) is 0 Å². The maximum Gasteiger partial charge on any atom is 0.316 e. The summed E-state index contributed by atoms with van der Waals surface area (Å²) >= 11 is 6.79.